The number of hydrogen-bond donors (Lipinski definition) is 1. The molecule has 104 valence electrons. The van der Waals surface area contributed by atoms with E-state index in [0.29, 0.717) is 0 Å². The predicted octanol–water partition coefficient (Wildman–Crippen LogP) is 3.32. The van der Waals surface area contributed by atoms with E-state index in [0.717, 1.165) is 35.6 Å². The van der Waals surface area contributed by atoms with Crippen molar-refractivity contribution in [2.24, 2.45) is 0 Å². The average molecular weight is 289 g/mol. The van der Waals surface area contributed by atoms with Crippen molar-refractivity contribution in [3.8, 4) is 5.75 Å². The van der Waals surface area contributed by atoms with Gasteiger partial charge in [0, 0.05) is 10.9 Å². The van der Waals surface area contributed by atoms with Crippen LogP contribution in [0.25, 0.3) is 0 Å². The highest BCUT2D eigenvalue weighted by atomic mass is 32.1. The van der Waals surface area contributed by atoms with E-state index in [-0.39, 0.29) is 11.1 Å². The Bertz CT molecular complexity index is 646. The van der Waals surface area contributed by atoms with Gasteiger partial charge < -0.3 is 9.84 Å². The third-order valence-electron chi connectivity index (χ3n) is 3.96. The number of rotatable bonds is 4. The Morgan fingerprint density at radius 2 is 2.15 bits per heavy atom. The zero-order valence-corrected chi connectivity index (χ0v) is 11.9. The first kappa shape index (κ1) is 13.1. The number of aromatic nitrogens is 1. The minimum Gasteiger partial charge on any atom is -0.496 e. The molecule has 1 N–H and O–H groups in total. The van der Waals surface area contributed by atoms with Crippen molar-refractivity contribution in [1.82, 2.24) is 4.98 Å². The molecule has 1 fully saturated rings. The number of benzene rings is 1. The molecular weight excluding hydrogens is 274 g/mol. The standard InChI is InChI=1S/C15H15NO3S/c1-19-12-6-3-2-5-10(12)15(7-4-8-15)14-16-11(9-20-14)13(17)18/h2-3,5-6,9H,4,7-8H2,1H3,(H,17,18). The van der Waals surface area contributed by atoms with Crippen LogP contribution in [0.4, 0.5) is 0 Å². The van der Waals surface area contributed by atoms with Crippen molar-refractivity contribution >= 4 is 17.3 Å². The van der Waals surface area contributed by atoms with Crippen LogP contribution in [0.5, 0.6) is 5.75 Å². The van der Waals surface area contributed by atoms with E-state index in [4.69, 9.17) is 9.84 Å². The molecule has 1 saturated carbocycles. The minimum absolute atomic E-state index is 0.131. The molecule has 0 saturated heterocycles. The molecule has 0 unspecified atom stereocenters. The maximum atomic E-state index is 11.0. The van der Waals surface area contributed by atoms with Gasteiger partial charge in [-0.15, -0.1) is 11.3 Å². The Morgan fingerprint density at radius 3 is 2.70 bits per heavy atom. The first-order valence-electron chi connectivity index (χ1n) is 6.50. The molecule has 1 aromatic carbocycles. The van der Waals surface area contributed by atoms with E-state index in [1.54, 1.807) is 12.5 Å². The molecule has 1 aliphatic carbocycles. The lowest BCUT2D eigenvalue weighted by Gasteiger charge is -2.41. The van der Waals surface area contributed by atoms with Gasteiger partial charge in [-0.05, 0) is 18.9 Å². The lowest BCUT2D eigenvalue weighted by Crippen LogP contribution is -2.35. The average Bonchev–Trinajstić information content (AvgIpc) is 2.88. The van der Waals surface area contributed by atoms with Crippen molar-refractivity contribution < 1.29 is 14.6 Å². The zero-order valence-electron chi connectivity index (χ0n) is 11.1. The molecule has 20 heavy (non-hydrogen) atoms. The highest BCUT2D eigenvalue weighted by Gasteiger charge is 2.44. The van der Waals surface area contributed by atoms with Crippen molar-refractivity contribution in [3.05, 3.63) is 45.9 Å². The molecule has 0 radical (unpaired) electrons. The summed E-state index contributed by atoms with van der Waals surface area (Å²) in [5, 5.41) is 11.5. The number of ether oxygens (including phenoxy) is 1. The van der Waals surface area contributed by atoms with Gasteiger partial charge >= 0.3 is 5.97 Å². The monoisotopic (exact) mass is 289 g/mol. The van der Waals surface area contributed by atoms with Gasteiger partial charge in [0.1, 0.15) is 10.8 Å². The van der Waals surface area contributed by atoms with Crippen LogP contribution in [-0.2, 0) is 5.41 Å². The van der Waals surface area contributed by atoms with Gasteiger partial charge in [-0.2, -0.15) is 0 Å². The molecule has 1 aliphatic rings. The van der Waals surface area contributed by atoms with Gasteiger partial charge in [-0.25, -0.2) is 9.78 Å². The highest BCUT2D eigenvalue weighted by Crippen LogP contribution is 2.52. The molecule has 0 spiro atoms. The van der Waals surface area contributed by atoms with Crippen LogP contribution in [0.1, 0.15) is 40.3 Å². The van der Waals surface area contributed by atoms with Crippen molar-refractivity contribution in [2.45, 2.75) is 24.7 Å². The first-order chi connectivity index (χ1) is 9.67. The van der Waals surface area contributed by atoms with E-state index >= 15 is 0 Å². The first-order valence-corrected chi connectivity index (χ1v) is 7.38. The molecule has 0 bridgehead atoms. The number of carboxylic acids is 1. The molecule has 0 amide bonds. The third-order valence-corrected chi connectivity index (χ3v) is 5.01. The summed E-state index contributed by atoms with van der Waals surface area (Å²) in [4.78, 5) is 15.3. The Labute approximate surface area is 121 Å². The summed E-state index contributed by atoms with van der Waals surface area (Å²) in [6, 6.07) is 7.93. The number of carboxylic acid groups (broad SMARTS) is 1. The van der Waals surface area contributed by atoms with Crippen LogP contribution in [0.3, 0.4) is 0 Å². The molecule has 4 nitrogen and oxygen atoms in total. The lowest BCUT2D eigenvalue weighted by atomic mass is 9.64. The molecule has 1 heterocycles. The zero-order chi connectivity index (χ0) is 14.2. The second-order valence-corrected chi connectivity index (χ2v) is 5.84. The summed E-state index contributed by atoms with van der Waals surface area (Å²) < 4.78 is 5.46. The number of hydrogen-bond acceptors (Lipinski definition) is 4. The van der Waals surface area contributed by atoms with Gasteiger partial charge in [0.05, 0.1) is 12.5 Å². The topological polar surface area (TPSA) is 59.4 Å². The maximum absolute atomic E-state index is 11.0. The highest BCUT2D eigenvalue weighted by molar-refractivity contribution is 7.10. The number of aromatic carboxylic acids is 1. The number of para-hydroxylation sites is 1. The molecule has 5 heteroatoms. The summed E-state index contributed by atoms with van der Waals surface area (Å²) >= 11 is 1.43. The number of carbonyl (C=O) groups is 1. The largest absolute Gasteiger partial charge is 0.496 e. The Balaban J connectivity index is 2.08. The van der Waals surface area contributed by atoms with Crippen LogP contribution in [-0.4, -0.2) is 23.2 Å². The summed E-state index contributed by atoms with van der Waals surface area (Å²) in [6.45, 7) is 0. The normalized spacial score (nSPS) is 16.4. The quantitative estimate of drug-likeness (QED) is 0.938. The minimum atomic E-state index is -0.970. The van der Waals surface area contributed by atoms with E-state index in [1.807, 2.05) is 18.2 Å². The Hall–Kier alpha value is -1.88. The van der Waals surface area contributed by atoms with Gasteiger partial charge in [-0.1, -0.05) is 24.6 Å². The summed E-state index contributed by atoms with van der Waals surface area (Å²) in [6.07, 6.45) is 3.10. The van der Waals surface area contributed by atoms with Crippen molar-refractivity contribution in [1.29, 1.82) is 0 Å². The second-order valence-electron chi connectivity index (χ2n) is 4.98. The third kappa shape index (κ3) is 1.89. The van der Waals surface area contributed by atoms with Crippen molar-refractivity contribution in [3.63, 3.8) is 0 Å². The van der Waals surface area contributed by atoms with Gasteiger partial charge in [0.15, 0.2) is 5.69 Å². The van der Waals surface area contributed by atoms with Crippen LogP contribution >= 0.6 is 11.3 Å². The molecule has 2 aromatic rings. The number of nitrogens with zero attached hydrogens (tertiary/aromatic N) is 1. The van der Waals surface area contributed by atoms with Crippen molar-refractivity contribution in [2.75, 3.05) is 7.11 Å². The molecule has 3 rings (SSSR count). The fourth-order valence-corrected chi connectivity index (χ4v) is 3.83. The van der Waals surface area contributed by atoms with Gasteiger partial charge in [0.25, 0.3) is 0 Å². The molecular formula is C15H15NO3S. The molecule has 0 aliphatic heterocycles. The van der Waals surface area contributed by atoms with E-state index < -0.39 is 5.97 Å². The Morgan fingerprint density at radius 1 is 1.40 bits per heavy atom. The smallest absolute Gasteiger partial charge is 0.355 e. The lowest BCUT2D eigenvalue weighted by molar-refractivity contribution is 0.0690. The number of thiazole rings is 1. The van der Waals surface area contributed by atoms with E-state index in [9.17, 15) is 4.79 Å². The van der Waals surface area contributed by atoms with Gasteiger partial charge in [-0.3, -0.25) is 0 Å². The summed E-state index contributed by atoms with van der Waals surface area (Å²) in [5.74, 6) is -0.124. The van der Waals surface area contributed by atoms with Crippen LogP contribution < -0.4 is 4.74 Å². The second kappa shape index (κ2) is 4.90. The Kier molecular flexibility index (Phi) is 3.22. The molecule has 1 aromatic heterocycles. The molecule has 0 atom stereocenters. The SMILES string of the molecule is COc1ccccc1C1(c2nc(C(=O)O)cs2)CCC1. The van der Waals surface area contributed by atoms with Gasteiger partial charge in [0.2, 0.25) is 0 Å². The summed E-state index contributed by atoms with van der Waals surface area (Å²) in [7, 11) is 1.66. The fourth-order valence-electron chi connectivity index (χ4n) is 2.76. The van der Waals surface area contributed by atoms with E-state index in [1.165, 1.54) is 11.3 Å². The van der Waals surface area contributed by atoms with Crippen LogP contribution in [0.15, 0.2) is 29.6 Å². The predicted molar refractivity (Wildman–Crippen MR) is 76.7 cm³/mol. The maximum Gasteiger partial charge on any atom is 0.355 e. The van der Waals surface area contributed by atoms with Crippen LogP contribution in [0, 0.1) is 0 Å². The van der Waals surface area contributed by atoms with Crippen LogP contribution in [0.2, 0.25) is 0 Å². The fraction of sp³-hybridized carbons (Fsp3) is 0.333. The summed E-state index contributed by atoms with van der Waals surface area (Å²) in [5.41, 5.74) is 1.07. The number of methoxy groups -OCH3 is 1. The van der Waals surface area contributed by atoms with E-state index in [2.05, 4.69) is 11.1 Å².